The Morgan fingerprint density at radius 2 is 0.792 bits per heavy atom. The summed E-state index contributed by atoms with van der Waals surface area (Å²) in [5.41, 5.74) is 0. The topological polar surface area (TPSA) is 236 Å². The molecule has 0 bridgehead atoms. The first-order chi connectivity index (χ1) is 11.1. The van der Waals surface area contributed by atoms with Crippen LogP contribution in [0.3, 0.4) is 0 Å². The van der Waals surface area contributed by atoms with E-state index in [1.54, 1.807) is 0 Å². The number of carbonyl (C=O) groups is 2. The first-order valence-corrected chi connectivity index (χ1v) is 6.65. The summed E-state index contributed by atoms with van der Waals surface area (Å²) in [7, 11) is 0. The predicted octanol–water partition coefficient (Wildman–Crippen LogP) is -6.76. The number of carbonyl (C=O) groups excluding carboxylic acids is 2. The van der Waals surface area contributed by atoms with Gasteiger partial charge in [0.1, 0.15) is 48.8 Å². The molecule has 0 aliphatic carbocycles. The number of hydrogen-bond acceptors (Lipinski definition) is 12. The molecule has 0 radical (unpaired) electrons. The minimum atomic E-state index is -1.79. The quantitative estimate of drug-likeness (QED) is 0.164. The highest BCUT2D eigenvalue weighted by Crippen LogP contribution is 2.03. The van der Waals surface area contributed by atoms with Crippen molar-refractivity contribution < 1.29 is 60.7 Å². The average molecular weight is 360 g/mol. The molecular weight excluding hydrogens is 336 g/mol. The first-order valence-electron chi connectivity index (χ1n) is 6.65. The molecule has 0 fully saturated rings. The van der Waals surface area contributed by atoms with Gasteiger partial charge in [0, 0.05) is 0 Å². The molecular formula is C12H24O12. The number of aliphatic hydroxyl groups is 10. The van der Waals surface area contributed by atoms with E-state index in [1.165, 1.54) is 0 Å². The van der Waals surface area contributed by atoms with Crippen molar-refractivity contribution >= 4 is 12.6 Å². The normalized spacial score (nSPS) is 21.1. The molecule has 0 aromatic heterocycles. The highest BCUT2D eigenvalue weighted by molar-refractivity contribution is 5.57. The molecule has 0 spiro atoms. The van der Waals surface area contributed by atoms with E-state index in [2.05, 4.69) is 0 Å². The molecule has 0 saturated carbocycles. The van der Waals surface area contributed by atoms with Crippen LogP contribution < -0.4 is 0 Å². The van der Waals surface area contributed by atoms with Crippen LogP contribution in [-0.4, -0.2) is 126 Å². The zero-order chi connectivity index (χ0) is 19.4. The van der Waals surface area contributed by atoms with Gasteiger partial charge >= 0.3 is 0 Å². The second kappa shape index (κ2) is 13.3. The Kier molecular flexibility index (Phi) is 13.9. The Morgan fingerprint density at radius 1 is 0.542 bits per heavy atom. The van der Waals surface area contributed by atoms with Crippen LogP contribution in [0.2, 0.25) is 0 Å². The second-order valence-electron chi connectivity index (χ2n) is 4.72. The van der Waals surface area contributed by atoms with E-state index in [1.807, 2.05) is 0 Å². The Hall–Kier alpha value is -1.06. The van der Waals surface area contributed by atoms with E-state index in [0.29, 0.717) is 0 Å². The molecule has 10 N–H and O–H groups in total. The van der Waals surface area contributed by atoms with Crippen molar-refractivity contribution in [2.45, 2.75) is 48.8 Å². The van der Waals surface area contributed by atoms with Crippen LogP contribution >= 0.6 is 0 Å². The molecule has 0 amide bonds. The van der Waals surface area contributed by atoms with Gasteiger partial charge in [-0.2, -0.15) is 0 Å². The Bertz CT molecular complexity index is 308. The molecule has 0 heterocycles. The maximum absolute atomic E-state index is 9.90. The summed E-state index contributed by atoms with van der Waals surface area (Å²) in [5.74, 6) is 0. The summed E-state index contributed by atoms with van der Waals surface area (Å²) in [4.78, 5) is 19.8. The van der Waals surface area contributed by atoms with Gasteiger partial charge in [0.15, 0.2) is 12.6 Å². The molecule has 0 aliphatic heterocycles. The minimum absolute atomic E-state index is 0.0258. The summed E-state index contributed by atoms with van der Waals surface area (Å²) < 4.78 is 0. The van der Waals surface area contributed by atoms with Crippen molar-refractivity contribution in [3.05, 3.63) is 0 Å². The molecule has 0 saturated heterocycles. The van der Waals surface area contributed by atoms with Crippen LogP contribution in [0.25, 0.3) is 0 Å². The Balaban J connectivity index is 0. The standard InChI is InChI=1S/2C6H12O6/c2*7-1-3(9)5(11)6(12)4(10)2-8/h2*1,3-6,8-12H,2H2/t3-,4+,5+,6-;3-,4-,5-,6+/m01/s1. The highest BCUT2D eigenvalue weighted by atomic mass is 16.4. The van der Waals surface area contributed by atoms with Crippen LogP contribution in [0.1, 0.15) is 0 Å². The van der Waals surface area contributed by atoms with Crippen LogP contribution in [-0.2, 0) is 9.59 Å². The zero-order valence-electron chi connectivity index (χ0n) is 12.5. The largest absolute Gasteiger partial charge is 0.394 e. The summed E-state index contributed by atoms with van der Waals surface area (Å²) in [6.07, 6.45) is -13.7. The lowest BCUT2D eigenvalue weighted by atomic mass is 10.0. The number of aliphatic hydroxyl groups excluding tert-OH is 10. The van der Waals surface area contributed by atoms with Gasteiger partial charge < -0.3 is 60.7 Å². The average Bonchev–Trinajstić information content (AvgIpc) is 2.62. The van der Waals surface area contributed by atoms with E-state index < -0.39 is 62.0 Å². The van der Waals surface area contributed by atoms with Crippen LogP contribution in [0, 0.1) is 0 Å². The molecule has 0 unspecified atom stereocenters. The summed E-state index contributed by atoms with van der Waals surface area (Å²) in [6.45, 7) is -1.52. The van der Waals surface area contributed by atoms with Crippen molar-refractivity contribution in [3.63, 3.8) is 0 Å². The molecule has 144 valence electrons. The molecule has 0 aliphatic rings. The van der Waals surface area contributed by atoms with Crippen LogP contribution in [0.5, 0.6) is 0 Å². The smallest absolute Gasteiger partial charge is 0.151 e. The molecule has 8 atom stereocenters. The fraction of sp³-hybridized carbons (Fsp3) is 0.833. The van der Waals surface area contributed by atoms with E-state index in [-0.39, 0.29) is 12.6 Å². The molecule has 24 heavy (non-hydrogen) atoms. The van der Waals surface area contributed by atoms with Gasteiger partial charge in [0.25, 0.3) is 0 Å². The maximum Gasteiger partial charge on any atom is 0.151 e. The Labute approximate surface area is 136 Å². The van der Waals surface area contributed by atoms with E-state index in [9.17, 15) is 9.59 Å². The second-order valence-corrected chi connectivity index (χ2v) is 4.72. The third-order valence-electron chi connectivity index (χ3n) is 2.84. The third-order valence-corrected chi connectivity index (χ3v) is 2.84. The van der Waals surface area contributed by atoms with Gasteiger partial charge in [0.2, 0.25) is 0 Å². The minimum Gasteiger partial charge on any atom is -0.394 e. The zero-order valence-corrected chi connectivity index (χ0v) is 12.5. The van der Waals surface area contributed by atoms with E-state index in [4.69, 9.17) is 51.1 Å². The lowest BCUT2D eigenvalue weighted by molar-refractivity contribution is -0.136. The van der Waals surface area contributed by atoms with Crippen molar-refractivity contribution in [2.75, 3.05) is 13.2 Å². The van der Waals surface area contributed by atoms with Gasteiger partial charge in [-0.3, -0.25) is 0 Å². The SMILES string of the molecule is O=C[C@@H](O)[C@@H](O)[C@@H](O)[C@H](O)CO.O=C[C@H](O)[C@@H](O)[C@@H](O)[C@H](O)CO. The highest BCUT2D eigenvalue weighted by Gasteiger charge is 2.30. The van der Waals surface area contributed by atoms with Crippen LogP contribution in [0.4, 0.5) is 0 Å². The van der Waals surface area contributed by atoms with Gasteiger partial charge in [-0.1, -0.05) is 0 Å². The van der Waals surface area contributed by atoms with Crippen molar-refractivity contribution in [1.29, 1.82) is 0 Å². The van der Waals surface area contributed by atoms with Crippen molar-refractivity contribution in [3.8, 4) is 0 Å². The van der Waals surface area contributed by atoms with Crippen molar-refractivity contribution in [1.82, 2.24) is 0 Å². The third kappa shape index (κ3) is 8.70. The summed E-state index contributed by atoms with van der Waals surface area (Å²) in [5, 5.41) is 87.1. The molecule has 0 rings (SSSR count). The lowest BCUT2D eigenvalue weighted by Crippen LogP contribution is -2.46. The molecule has 0 aromatic rings. The number of hydrogen-bond donors (Lipinski definition) is 10. The van der Waals surface area contributed by atoms with Gasteiger partial charge in [-0.15, -0.1) is 0 Å². The molecule has 12 nitrogen and oxygen atoms in total. The summed E-state index contributed by atoms with van der Waals surface area (Å²) >= 11 is 0. The van der Waals surface area contributed by atoms with Gasteiger partial charge in [-0.25, -0.2) is 0 Å². The van der Waals surface area contributed by atoms with E-state index >= 15 is 0 Å². The van der Waals surface area contributed by atoms with Crippen molar-refractivity contribution in [2.24, 2.45) is 0 Å². The van der Waals surface area contributed by atoms with E-state index in [0.717, 1.165) is 0 Å². The van der Waals surface area contributed by atoms with Crippen LogP contribution in [0.15, 0.2) is 0 Å². The lowest BCUT2D eigenvalue weighted by Gasteiger charge is -2.22. The number of aldehydes is 2. The molecule has 0 aromatic carbocycles. The maximum atomic E-state index is 9.90. The Morgan fingerprint density at radius 3 is 0.958 bits per heavy atom. The monoisotopic (exact) mass is 360 g/mol. The van der Waals surface area contributed by atoms with Gasteiger partial charge in [-0.05, 0) is 0 Å². The molecule has 12 heteroatoms. The number of rotatable bonds is 10. The predicted molar refractivity (Wildman–Crippen MR) is 74.4 cm³/mol. The summed E-state index contributed by atoms with van der Waals surface area (Å²) in [6, 6.07) is 0. The van der Waals surface area contributed by atoms with Gasteiger partial charge in [0.05, 0.1) is 13.2 Å². The fourth-order valence-corrected chi connectivity index (χ4v) is 1.24. The first kappa shape index (κ1) is 25.2. The fourth-order valence-electron chi connectivity index (χ4n) is 1.24.